The summed E-state index contributed by atoms with van der Waals surface area (Å²) in [6, 6.07) is 9.89. The molecule has 1 unspecified atom stereocenters. The highest BCUT2D eigenvalue weighted by Gasteiger charge is 2.50. The minimum atomic E-state index is -4.07. The second kappa shape index (κ2) is 6.17. The number of hydrogen-bond donors (Lipinski definition) is 1. The van der Waals surface area contributed by atoms with Crippen molar-refractivity contribution >= 4 is 0 Å². The Morgan fingerprint density at radius 3 is 2.35 bits per heavy atom. The van der Waals surface area contributed by atoms with Crippen molar-refractivity contribution in [3.05, 3.63) is 35.9 Å². The molecule has 1 aromatic rings. The van der Waals surface area contributed by atoms with E-state index in [1.165, 1.54) is 5.56 Å². The van der Waals surface area contributed by atoms with E-state index < -0.39 is 12.6 Å². The molecule has 0 spiro atoms. The number of nitrogens with one attached hydrogen (secondary N) is 1. The van der Waals surface area contributed by atoms with Crippen molar-refractivity contribution in [1.29, 1.82) is 0 Å². The van der Waals surface area contributed by atoms with Crippen LogP contribution < -0.4 is 5.32 Å². The number of rotatable bonds is 7. The van der Waals surface area contributed by atoms with E-state index in [0.29, 0.717) is 0 Å². The van der Waals surface area contributed by atoms with E-state index in [4.69, 9.17) is 0 Å². The van der Waals surface area contributed by atoms with Gasteiger partial charge >= 0.3 is 6.18 Å². The lowest BCUT2D eigenvalue weighted by molar-refractivity contribution is -0.137. The highest BCUT2D eigenvalue weighted by atomic mass is 19.4. The quantitative estimate of drug-likeness (QED) is 0.781. The van der Waals surface area contributed by atoms with Gasteiger partial charge < -0.3 is 5.32 Å². The Hall–Kier alpha value is -1.03. The molecule has 0 amide bonds. The van der Waals surface area contributed by atoms with Crippen LogP contribution in [-0.2, 0) is 5.41 Å². The summed E-state index contributed by atoms with van der Waals surface area (Å²) in [5.74, 6) is 0. The lowest BCUT2D eigenvalue weighted by Gasteiger charge is -2.29. The Balaban J connectivity index is 2.10. The monoisotopic (exact) mass is 285 g/mol. The van der Waals surface area contributed by atoms with E-state index >= 15 is 0 Å². The number of benzene rings is 1. The molecule has 1 aliphatic carbocycles. The molecule has 112 valence electrons. The zero-order valence-electron chi connectivity index (χ0n) is 11.8. The van der Waals surface area contributed by atoms with Crippen LogP contribution in [0.5, 0.6) is 0 Å². The van der Waals surface area contributed by atoms with E-state index in [2.05, 4.69) is 5.32 Å². The Bertz CT molecular complexity index is 409. The van der Waals surface area contributed by atoms with Crippen LogP contribution in [0.15, 0.2) is 30.3 Å². The number of alkyl halides is 3. The molecular formula is C16H22F3N. The third-order valence-corrected chi connectivity index (χ3v) is 4.16. The van der Waals surface area contributed by atoms with Gasteiger partial charge in [0, 0.05) is 17.9 Å². The van der Waals surface area contributed by atoms with Gasteiger partial charge in [0.1, 0.15) is 0 Å². The maximum absolute atomic E-state index is 12.5. The standard InChI is InChI=1S/C16H22F3N/c1-2-12-20-14(8-9-16(17,18)19)15(10-11-15)13-6-4-3-5-7-13/h3-7,14,20H,2,8-12H2,1H3. The molecule has 20 heavy (non-hydrogen) atoms. The molecule has 1 atom stereocenters. The molecule has 4 heteroatoms. The summed E-state index contributed by atoms with van der Waals surface area (Å²) >= 11 is 0. The van der Waals surface area contributed by atoms with E-state index in [1.807, 2.05) is 37.3 Å². The van der Waals surface area contributed by atoms with Gasteiger partial charge in [-0.15, -0.1) is 0 Å². The zero-order valence-corrected chi connectivity index (χ0v) is 11.8. The first-order valence-electron chi connectivity index (χ1n) is 7.33. The smallest absolute Gasteiger partial charge is 0.313 e. The van der Waals surface area contributed by atoms with Gasteiger partial charge in [-0.05, 0) is 37.8 Å². The van der Waals surface area contributed by atoms with Crippen molar-refractivity contribution in [3.63, 3.8) is 0 Å². The molecule has 1 saturated carbocycles. The van der Waals surface area contributed by atoms with E-state index in [0.717, 1.165) is 25.8 Å². The van der Waals surface area contributed by atoms with Gasteiger partial charge in [-0.2, -0.15) is 13.2 Å². The minimum Gasteiger partial charge on any atom is -0.313 e. The third-order valence-electron chi connectivity index (χ3n) is 4.16. The second-order valence-electron chi connectivity index (χ2n) is 5.68. The molecule has 0 heterocycles. The second-order valence-corrected chi connectivity index (χ2v) is 5.68. The molecule has 0 saturated heterocycles. The van der Waals surface area contributed by atoms with Crippen LogP contribution in [-0.4, -0.2) is 18.8 Å². The Morgan fingerprint density at radius 1 is 1.20 bits per heavy atom. The van der Waals surface area contributed by atoms with Crippen LogP contribution in [0.3, 0.4) is 0 Å². The molecule has 1 nitrogen and oxygen atoms in total. The molecule has 1 aromatic carbocycles. The first-order valence-corrected chi connectivity index (χ1v) is 7.33. The van der Waals surface area contributed by atoms with Crippen LogP contribution in [0.2, 0.25) is 0 Å². The fourth-order valence-corrected chi connectivity index (χ4v) is 2.94. The predicted octanol–water partition coefficient (Wildman–Crippen LogP) is 4.43. The highest BCUT2D eigenvalue weighted by molar-refractivity contribution is 5.33. The molecule has 0 aromatic heterocycles. The zero-order chi connectivity index (χ0) is 14.6. The van der Waals surface area contributed by atoms with Crippen LogP contribution in [0.25, 0.3) is 0 Å². The molecule has 2 rings (SSSR count). The molecule has 1 fully saturated rings. The summed E-state index contributed by atoms with van der Waals surface area (Å²) < 4.78 is 37.6. The summed E-state index contributed by atoms with van der Waals surface area (Å²) in [5.41, 5.74) is 1.09. The summed E-state index contributed by atoms with van der Waals surface area (Å²) in [5, 5.41) is 3.34. The molecule has 0 bridgehead atoms. The van der Waals surface area contributed by atoms with Gasteiger partial charge in [0.15, 0.2) is 0 Å². The van der Waals surface area contributed by atoms with Crippen molar-refractivity contribution in [3.8, 4) is 0 Å². The van der Waals surface area contributed by atoms with Gasteiger partial charge in [0.05, 0.1) is 0 Å². The maximum Gasteiger partial charge on any atom is 0.389 e. The fourth-order valence-electron chi connectivity index (χ4n) is 2.94. The molecular weight excluding hydrogens is 263 g/mol. The molecule has 1 aliphatic rings. The maximum atomic E-state index is 12.5. The molecule has 1 N–H and O–H groups in total. The summed E-state index contributed by atoms with van der Waals surface area (Å²) in [6.45, 7) is 2.81. The van der Waals surface area contributed by atoms with Crippen molar-refractivity contribution < 1.29 is 13.2 Å². The number of halogens is 3. The van der Waals surface area contributed by atoms with Gasteiger partial charge in [-0.1, -0.05) is 37.3 Å². The Kier molecular flexibility index (Phi) is 4.74. The minimum absolute atomic E-state index is 0.0773. The van der Waals surface area contributed by atoms with E-state index in [9.17, 15) is 13.2 Å². The normalized spacial score (nSPS) is 18.8. The fraction of sp³-hybridized carbons (Fsp3) is 0.625. The van der Waals surface area contributed by atoms with Gasteiger partial charge in [0.25, 0.3) is 0 Å². The Morgan fingerprint density at radius 2 is 1.85 bits per heavy atom. The van der Waals surface area contributed by atoms with Gasteiger partial charge in [-0.3, -0.25) is 0 Å². The first-order chi connectivity index (χ1) is 9.48. The van der Waals surface area contributed by atoms with Crippen molar-refractivity contribution in [2.45, 2.75) is 56.7 Å². The third kappa shape index (κ3) is 3.75. The van der Waals surface area contributed by atoms with E-state index in [-0.39, 0.29) is 17.9 Å². The highest BCUT2D eigenvalue weighted by Crippen LogP contribution is 2.52. The van der Waals surface area contributed by atoms with E-state index in [1.54, 1.807) is 0 Å². The van der Waals surface area contributed by atoms with Gasteiger partial charge in [-0.25, -0.2) is 0 Å². The first kappa shape index (κ1) is 15.4. The van der Waals surface area contributed by atoms with Crippen LogP contribution in [0.1, 0.15) is 44.6 Å². The lowest BCUT2D eigenvalue weighted by atomic mass is 9.85. The van der Waals surface area contributed by atoms with Gasteiger partial charge in [0.2, 0.25) is 0 Å². The van der Waals surface area contributed by atoms with Crippen molar-refractivity contribution in [2.24, 2.45) is 0 Å². The van der Waals surface area contributed by atoms with Crippen LogP contribution in [0.4, 0.5) is 13.2 Å². The largest absolute Gasteiger partial charge is 0.389 e. The summed E-state index contributed by atoms with van der Waals surface area (Å²) in [7, 11) is 0. The average Bonchev–Trinajstić information content (AvgIpc) is 3.20. The predicted molar refractivity (Wildman–Crippen MR) is 74.7 cm³/mol. The van der Waals surface area contributed by atoms with Crippen LogP contribution in [0, 0.1) is 0 Å². The van der Waals surface area contributed by atoms with Crippen LogP contribution >= 0.6 is 0 Å². The van der Waals surface area contributed by atoms with Crippen molar-refractivity contribution in [2.75, 3.05) is 6.54 Å². The molecule has 0 aliphatic heterocycles. The number of hydrogen-bond acceptors (Lipinski definition) is 1. The SMILES string of the molecule is CCCNC(CCC(F)(F)F)C1(c2ccccc2)CC1. The summed E-state index contributed by atoms with van der Waals surface area (Å²) in [4.78, 5) is 0. The average molecular weight is 285 g/mol. The summed E-state index contributed by atoms with van der Waals surface area (Å²) in [6.07, 6.45) is -1.71. The van der Waals surface area contributed by atoms with Crippen molar-refractivity contribution in [1.82, 2.24) is 5.32 Å². The topological polar surface area (TPSA) is 12.0 Å². The Labute approximate surface area is 118 Å². The molecule has 0 radical (unpaired) electrons. The lowest BCUT2D eigenvalue weighted by Crippen LogP contribution is -2.41.